The van der Waals surface area contributed by atoms with Crippen LogP contribution in [0.15, 0.2) is 125 Å². The summed E-state index contributed by atoms with van der Waals surface area (Å²) in [5.41, 5.74) is 5.33. The summed E-state index contributed by atoms with van der Waals surface area (Å²) in [6.07, 6.45) is 0.893. The first-order valence-electron chi connectivity index (χ1n) is 18.3. The maximum Gasteiger partial charge on any atom is 0.267 e. The average Bonchev–Trinajstić information content (AvgIpc) is 3.17. The number of aryl methyl sites for hydroxylation is 1. The lowest BCUT2D eigenvalue weighted by atomic mass is 9.99. The minimum Gasteiger partial charge on any atom is -0.381 e. The zero-order valence-corrected chi connectivity index (χ0v) is 33.7. The third-order valence-corrected chi connectivity index (χ3v) is 12.5. The highest BCUT2D eigenvalue weighted by Gasteiger charge is 2.24. The fourth-order valence-corrected chi connectivity index (χ4v) is 8.78. The van der Waals surface area contributed by atoms with Gasteiger partial charge < -0.3 is 15.1 Å². The molecule has 1 amide bonds. The molecule has 0 bridgehead atoms. The van der Waals surface area contributed by atoms with Gasteiger partial charge >= 0.3 is 0 Å². The average molecular weight is 800 g/mol. The zero-order chi connectivity index (χ0) is 39.0. The van der Waals surface area contributed by atoms with Gasteiger partial charge in [-0.25, -0.2) is 17.5 Å². The molecule has 1 heterocycles. The van der Waals surface area contributed by atoms with E-state index in [-0.39, 0.29) is 16.5 Å². The quantitative estimate of drug-likeness (QED) is 0.102. The Labute approximate surface area is 333 Å². The Bertz CT molecular complexity index is 2180. The Balaban J connectivity index is 1.05. The first-order valence-corrected chi connectivity index (χ1v) is 21.2. The van der Waals surface area contributed by atoms with Crippen molar-refractivity contribution in [1.82, 2.24) is 14.5 Å². The van der Waals surface area contributed by atoms with Crippen LogP contribution in [0, 0.1) is 12.7 Å². The largest absolute Gasteiger partial charge is 0.381 e. The van der Waals surface area contributed by atoms with Gasteiger partial charge in [0, 0.05) is 65.8 Å². The van der Waals surface area contributed by atoms with Crippen LogP contribution in [0.5, 0.6) is 0 Å². The van der Waals surface area contributed by atoms with Gasteiger partial charge in [0.2, 0.25) is 0 Å². The predicted octanol–water partition coefficient (Wildman–Crippen LogP) is 8.42. The number of rotatable bonds is 15. The summed E-state index contributed by atoms with van der Waals surface area (Å²) in [6, 6.07) is 35.6. The molecule has 0 aliphatic carbocycles. The summed E-state index contributed by atoms with van der Waals surface area (Å²) in [5.74, 6) is -0.971. The van der Waals surface area contributed by atoms with Crippen molar-refractivity contribution in [3.05, 3.63) is 143 Å². The first-order chi connectivity index (χ1) is 26.4. The van der Waals surface area contributed by atoms with Crippen LogP contribution in [-0.4, -0.2) is 82.7 Å². The molecule has 0 saturated carbocycles. The summed E-state index contributed by atoms with van der Waals surface area (Å²) in [7, 11) is -0.198. The number of sulfonamides is 1. The molecule has 1 aliphatic heterocycles. The second-order valence-electron chi connectivity index (χ2n) is 14.1. The maximum absolute atomic E-state index is 15.4. The van der Waals surface area contributed by atoms with E-state index in [2.05, 4.69) is 49.0 Å². The van der Waals surface area contributed by atoms with Crippen molar-refractivity contribution in [1.29, 1.82) is 0 Å². The topological polar surface area (TPSA) is 85.0 Å². The minimum atomic E-state index is -4.27. The van der Waals surface area contributed by atoms with E-state index >= 15 is 4.39 Å². The van der Waals surface area contributed by atoms with E-state index in [9.17, 15) is 13.2 Å². The van der Waals surface area contributed by atoms with Gasteiger partial charge in [0.25, 0.3) is 15.9 Å². The summed E-state index contributed by atoms with van der Waals surface area (Å²) in [6.45, 7) is 6.39. The number of thioether (sulfide) groups is 1. The lowest BCUT2D eigenvalue weighted by Crippen LogP contribution is -2.46. The fourth-order valence-electron chi connectivity index (χ4n) is 6.61. The van der Waals surface area contributed by atoms with Gasteiger partial charge in [-0.1, -0.05) is 66.2 Å². The summed E-state index contributed by atoms with van der Waals surface area (Å²) in [4.78, 5) is 20.8. The molecule has 0 spiro atoms. The molecule has 5 aromatic carbocycles. The Hall–Kier alpha value is -4.39. The summed E-state index contributed by atoms with van der Waals surface area (Å²) < 4.78 is 44.2. The lowest BCUT2D eigenvalue weighted by molar-refractivity contribution is 0.0977. The number of nitrogens with one attached hydrogen (secondary N) is 2. The Morgan fingerprint density at radius 1 is 0.891 bits per heavy atom. The van der Waals surface area contributed by atoms with Crippen molar-refractivity contribution in [2.45, 2.75) is 35.7 Å². The summed E-state index contributed by atoms with van der Waals surface area (Å²) in [5, 5.41) is 4.29. The molecule has 5 aromatic rings. The number of carbonyl (C=O) groups excluding carboxylic acids is 1. The van der Waals surface area contributed by atoms with E-state index in [1.165, 1.54) is 34.7 Å². The van der Waals surface area contributed by atoms with Gasteiger partial charge in [-0.3, -0.25) is 9.69 Å². The van der Waals surface area contributed by atoms with Crippen LogP contribution in [0.1, 0.15) is 27.9 Å². The highest BCUT2D eigenvalue weighted by atomic mass is 35.5. The van der Waals surface area contributed by atoms with Crippen LogP contribution in [0.4, 0.5) is 15.8 Å². The number of hydrogen-bond acceptors (Lipinski definition) is 8. The monoisotopic (exact) mass is 799 g/mol. The normalized spacial score (nSPS) is 14.2. The lowest BCUT2D eigenvalue weighted by Gasteiger charge is -2.36. The van der Waals surface area contributed by atoms with Gasteiger partial charge in [-0.15, -0.1) is 11.8 Å². The number of benzene rings is 5. The Kier molecular flexibility index (Phi) is 13.5. The van der Waals surface area contributed by atoms with Crippen molar-refractivity contribution in [3.63, 3.8) is 0 Å². The van der Waals surface area contributed by atoms with Crippen LogP contribution < -0.4 is 14.9 Å². The van der Waals surface area contributed by atoms with E-state index in [1.807, 2.05) is 75.6 Å². The molecule has 1 atom stereocenters. The molecule has 6 rings (SSSR count). The van der Waals surface area contributed by atoms with E-state index in [0.29, 0.717) is 23.8 Å². The molecule has 0 radical (unpaired) electrons. The third-order valence-electron chi connectivity index (χ3n) is 9.72. The van der Waals surface area contributed by atoms with Gasteiger partial charge in [0.15, 0.2) is 0 Å². The molecular formula is C43H47ClFN5O3S2. The van der Waals surface area contributed by atoms with Crippen molar-refractivity contribution in [3.8, 4) is 11.1 Å². The number of amides is 1. The van der Waals surface area contributed by atoms with Gasteiger partial charge in [0.1, 0.15) is 5.82 Å². The van der Waals surface area contributed by atoms with E-state index in [0.717, 1.165) is 60.7 Å². The Morgan fingerprint density at radius 3 is 2.29 bits per heavy atom. The highest BCUT2D eigenvalue weighted by molar-refractivity contribution is 7.99. The molecule has 0 unspecified atom stereocenters. The zero-order valence-electron chi connectivity index (χ0n) is 31.3. The molecule has 288 valence electrons. The van der Waals surface area contributed by atoms with Crippen LogP contribution in [-0.2, 0) is 16.6 Å². The van der Waals surface area contributed by atoms with E-state index in [1.54, 1.807) is 23.9 Å². The van der Waals surface area contributed by atoms with Crippen LogP contribution >= 0.6 is 23.4 Å². The van der Waals surface area contributed by atoms with Crippen LogP contribution in [0.25, 0.3) is 11.1 Å². The molecule has 55 heavy (non-hydrogen) atoms. The standard InChI is InChI=1S/C43H47ClFN5O3S2/c1-31-27-38(18-20-42(31)46-35(21-22-48(2)3)30-54-37-10-5-4-6-11-37)55(52,53)47-43(51)40-19-17-36(28-41(40)45)50-25-23-49(24-26-50)29-33-9-7-8-12-39(33)32-13-15-34(44)16-14-32/h4-20,27-28,35,46H,21-26,29-30H2,1-3H3,(H,47,51)/t35-/m1/s1. The van der Waals surface area contributed by atoms with Gasteiger partial charge in [0.05, 0.1) is 10.5 Å². The second-order valence-corrected chi connectivity index (χ2v) is 17.3. The van der Waals surface area contributed by atoms with E-state index < -0.39 is 21.7 Å². The predicted molar refractivity (Wildman–Crippen MR) is 224 cm³/mol. The second kappa shape index (κ2) is 18.5. The minimum absolute atomic E-state index is 0.0712. The smallest absolute Gasteiger partial charge is 0.267 e. The highest BCUT2D eigenvalue weighted by Crippen LogP contribution is 2.28. The molecule has 12 heteroatoms. The van der Waals surface area contributed by atoms with Crippen molar-refractivity contribution in [2.75, 3.05) is 62.8 Å². The van der Waals surface area contributed by atoms with Crippen molar-refractivity contribution < 1.29 is 17.6 Å². The third kappa shape index (κ3) is 10.9. The van der Waals surface area contributed by atoms with E-state index in [4.69, 9.17) is 11.6 Å². The molecule has 2 N–H and O–H groups in total. The van der Waals surface area contributed by atoms with Crippen LogP contribution in [0.3, 0.4) is 0 Å². The van der Waals surface area contributed by atoms with Crippen LogP contribution in [0.2, 0.25) is 5.02 Å². The number of hydrogen-bond donors (Lipinski definition) is 2. The first kappa shape index (κ1) is 40.3. The fraction of sp³-hybridized carbons (Fsp3) is 0.279. The molecule has 8 nitrogen and oxygen atoms in total. The number of piperazine rings is 1. The number of carbonyl (C=O) groups is 1. The SMILES string of the molecule is Cc1cc(S(=O)(=O)NC(=O)c2ccc(N3CCN(Cc4ccccc4-c4ccc(Cl)cc4)CC3)cc2F)ccc1N[C@H](CCN(C)C)CSc1ccccc1. The maximum atomic E-state index is 15.4. The Morgan fingerprint density at radius 2 is 1.60 bits per heavy atom. The van der Waals surface area contributed by atoms with Crippen molar-refractivity contribution >= 4 is 50.7 Å². The molecule has 1 saturated heterocycles. The number of halogens is 2. The number of nitrogens with zero attached hydrogens (tertiary/aromatic N) is 3. The van der Waals surface area contributed by atoms with Gasteiger partial charge in [-0.2, -0.15) is 0 Å². The van der Waals surface area contributed by atoms with Gasteiger partial charge in [-0.05, 0) is 117 Å². The molecule has 0 aromatic heterocycles. The summed E-state index contributed by atoms with van der Waals surface area (Å²) >= 11 is 7.88. The van der Waals surface area contributed by atoms with Crippen molar-refractivity contribution in [2.24, 2.45) is 0 Å². The number of anilines is 2. The molecule has 1 aliphatic rings. The molecule has 1 fully saturated rings. The molecular weight excluding hydrogens is 753 g/mol.